The maximum Gasteiger partial charge on any atom is 0.301 e. The average molecular weight is 604 g/mol. The van der Waals surface area contributed by atoms with Crippen LogP contribution < -0.4 is 19.1 Å². The van der Waals surface area contributed by atoms with Gasteiger partial charge in [-0.05, 0) is 48.4 Å². The Morgan fingerprint density at radius 3 is 2.57 bits per heavy atom. The van der Waals surface area contributed by atoms with E-state index in [-0.39, 0.29) is 33.5 Å². The lowest BCUT2D eigenvalue weighted by Gasteiger charge is -2.23. The number of ether oxygens (including phenoxy) is 3. The van der Waals surface area contributed by atoms with E-state index in [0.29, 0.717) is 40.4 Å². The summed E-state index contributed by atoms with van der Waals surface area (Å²) in [6.45, 7) is 2.77. The summed E-state index contributed by atoms with van der Waals surface area (Å²) in [4.78, 5) is 28.3. The second-order valence-corrected chi connectivity index (χ2v) is 11.8. The molecule has 2 N–H and O–H groups in total. The molecule has 0 aliphatic carbocycles. The molecule has 1 amide bonds. The molecule has 0 saturated carbocycles. The van der Waals surface area contributed by atoms with Gasteiger partial charge in [0.25, 0.3) is 5.78 Å². The SMILES string of the molecule is COc1cc(C2/C(=C(\O)c3ccc4c(c3)OCCO4)C(=O)C(=O)N2c2nnc(SCc3ccc(C)cc3)s2)ccc1O. The van der Waals surface area contributed by atoms with Crippen molar-refractivity contribution in [3.63, 3.8) is 0 Å². The molecule has 0 bridgehead atoms. The van der Waals surface area contributed by atoms with E-state index in [4.69, 9.17) is 14.2 Å². The first kappa shape index (κ1) is 27.6. The summed E-state index contributed by atoms with van der Waals surface area (Å²) < 4.78 is 17.1. The summed E-state index contributed by atoms with van der Waals surface area (Å²) in [5.41, 5.74) is 2.83. The van der Waals surface area contributed by atoms with E-state index in [1.165, 1.54) is 52.8 Å². The van der Waals surface area contributed by atoms with Gasteiger partial charge in [0.15, 0.2) is 27.3 Å². The number of aromatic nitrogens is 2. The monoisotopic (exact) mass is 603 g/mol. The van der Waals surface area contributed by atoms with Gasteiger partial charge in [-0.25, -0.2) is 0 Å². The highest BCUT2D eigenvalue weighted by Gasteiger charge is 2.48. The van der Waals surface area contributed by atoms with Gasteiger partial charge in [0.05, 0.1) is 18.7 Å². The quantitative estimate of drug-likeness (QED) is 0.0949. The van der Waals surface area contributed by atoms with Crippen molar-refractivity contribution in [2.24, 2.45) is 0 Å². The smallest absolute Gasteiger partial charge is 0.301 e. The summed E-state index contributed by atoms with van der Waals surface area (Å²) in [6, 6.07) is 16.4. The molecule has 1 aromatic heterocycles. The van der Waals surface area contributed by atoms with Gasteiger partial charge in [-0.2, -0.15) is 0 Å². The zero-order chi connectivity index (χ0) is 29.4. The van der Waals surface area contributed by atoms with E-state index in [1.54, 1.807) is 24.3 Å². The minimum atomic E-state index is -1.07. The largest absolute Gasteiger partial charge is 0.507 e. The Kier molecular flexibility index (Phi) is 7.48. The van der Waals surface area contributed by atoms with Gasteiger partial charge in [-0.1, -0.05) is 59.0 Å². The van der Waals surface area contributed by atoms with Gasteiger partial charge in [-0.15, -0.1) is 10.2 Å². The van der Waals surface area contributed by atoms with E-state index in [1.807, 2.05) is 31.2 Å². The summed E-state index contributed by atoms with van der Waals surface area (Å²) in [6.07, 6.45) is 0. The Labute approximate surface area is 249 Å². The van der Waals surface area contributed by atoms with Crippen molar-refractivity contribution in [2.45, 2.75) is 23.1 Å². The Hall–Kier alpha value is -4.55. The van der Waals surface area contributed by atoms with Crippen LogP contribution in [-0.2, 0) is 15.3 Å². The molecule has 6 rings (SSSR count). The van der Waals surface area contributed by atoms with Crippen molar-refractivity contribution >= 4 is 45.7 Å². The Bertz CT molecular complexity index is 1720. The van der Waals surface area contributed by atoms with Gasteiger partial charge in [0, 0.05) is 11.3 Å². The third-order valence-electron chi connectivity index (χ3n) is 6.86. The van der Waals surface area contributed by atoms with E-state index in [9.17, 15) is 19.8 Å². The van der Waals surface area contributed by atoms with Crippen molar-refractivity contribution in [1.82, 2.24) is 10.2 Å². The van der Waals surface area contributed by atoms with Crippen LogP contribution in [0.4, 0.5) is 5.13 Å². The molecular weight excluding hydrogens is 578 g/mol. The number of thioether (sulfide) groups is 1. The fraction of sp³-hybridized carbons (Fsp3) is 0.200. The van der Waals surface area contributed by atoms with Crippen molar-refractivity contribution in [3.8, 4) is 23.0 Å². The highest BCUT2D eigenvalue weighted by atomic mass is 32.2. The lowest BCUT2D eigenvalue weighted by molar-refractivity contribution is -0.132. The first-order chi connectivity index (χ1) is 20.3. The minimum absolute atomic E-state index is 0.115. The Morgan fingerprint density at radius 1 is 1.05 bits per heavy atom. The molecule has 3 heterocycles. The molecule has 2 aliphatic rings. The number of anilines is 1. The maximum atomic E-state index is 13.5. The predicted molar refractivity (Wildman–Crippen MR) is 158 cm³/mol. The summed E-state index contributed by atoms with van der Waals surface area (Å²) in [7, 11) is 1.40. The van der Waals surface area contributed by atoms with Gasteiger partial charge >= 0.3 is 5.91 Å². The van der Waals surface area contributed by atoms with E-state index >= 15 is 0 Å². The van der Waals surface area contributed by atoms with Crippen LogP contribution in [0.25, 0.3) is 5.76 Å². The minimum Gasteiger partial charge on any atom is -0.507 e. The van der Waals surface area contributed by atoms with Crippen LogP contribution in [0.5, 0.6) is 23.0 Å². The number of rotatable bonds is 7. The second-order valence-electron chi connectivity index (χ2n) is 9.58. The number of ketones is 1. The van der Waals surface area contributed by atoms with E-state index < -0.39 is 17.7 Å². The summed E-state index contributed by atoms with van der Waals surface area (Å²) in [5, 5.41) is 30.4. The summed E-state index contributed by atoms with van der Waals surface area (Å²) in [5.74, 6) is -0.524. The molecular formula is C30H25N3O7S2. The van der Waals surface area contributed by atoms with Gasteiger partial charge in [-0.3, -0.25) is 14.5 Å². The Balaban J connectivity index is 1.41. The molecule has 3 aromatic carbocycles. The first-order valence-corrected chi connectivity index (χ1v) is 14.7. The molecule has 4 aromatic rings. The number of methoxy groups -OCH3 is 1. The molecule has 1 fully saturated rings. The van der Waals surface area contributed by atoms with Gasteiger partial charge in [0.2, 0.25) is 5.13 Å². The first-order valence-electron chi connectivity index (χ1n) is 12.9. The molecule has 2 aliphatic heterocycles. The molecule has 214 valence electrons. The van der Waals surface area contributed by atoms with Gasteiger partial charge < -0.3 is 24.4 Å². The molecule has 1 saturated heterocycles. The topological polar surface area (TPSA) is 131 Å². The lowest BCUT2D eigenvalue weighted by Crippen LogP contribution is -2.29. The van der Waals surface area contributed by atoms with Crippen LogP contribution in [-0.4, -0.2) is 52.4 Å². The van der Waals surface area contributed by atoms with E-state index in [2.05, 4.69) is 10.2 Å². The van der Waals surface area contributed by atoms with Crippen LogP contribution in [0.1, 0.15) is 28.3 Å². The fourth-order valence-corrected chi connectivity index (χ4v) is 6.57. The predicted octanol–water partition coefficient (Wildman–Crippen LogP) is 5.25. The molecule has 1 unspecified atom stereocenters. The number of amides is 1. The molecule has 10 nitrogen and oxygen atoms in total. The van der Waals surface area contributed by atoms with Crippen LogP contribution in [0, 0.1) is 6.92 Å². The van der Waals surface area contributed by atoms with Crippen LogP contribution >= 0.6 is 23.1 Å². The molecule has 0 spiro atoms. The van der Waals surface area contributed by atoms with Crippen LogP contribution in [0.3, 0.4) is 0 Å². The number of carbonyl (C=O) groups excluding carboxylic acids is 2. The number of aliphatic hydroxyl groups is 1. The zero-order valence-electron chi connectivity index (χ0n) is 22.6. The molecule has 0 radical (unpaired) electrons. The van der Waals surface area contributed by atoms with Crippen LogP contribution in [0.2, 0.25) is 0 Å². The number of phenolic OH excluding ortho intramolecular Hbond substituents is 1. The second kappa shape index (κ2) is 11.4. The van der Waals surface area contributed by atoms with E-state index in [0.717, 1.165) is 5.56 Å². The summed E-state index contributed by atoms with van der Waals surface area (Å²) >= 11 is 2.64. The number of benzene rings is 3. The normalized spacial score (nSPS) is 17.5. The number of phenols is 1. The number of fused-ring (bicyclic) bond motifs is 1. The van der Waals surface area contributed by atoms with Crippen LogP contribution in [0.15, 0.2) is 70.6 Å². The fourth-order valence-electron chi connectivity index (χ4n) is 4.74. The highest BCUT2D eigenvalue weighted by Crippen LogP contribution is 2.46. The zero-order valence-corrected chi connectivity index (χ0v) is 24.2. The third-order valence-corrected chi connectivity index (χ3v) is 8.99. The maximum absolute atomic E-state index is 13.5. The van der Waals surface area contributed by atoms with Crippen molar-refractivity contribution in [3.05, 3.63) is 88.5 Å². The number of Topliss-reactive ketones (excluding diaryl/α,β-unsaturated/α-hetero) is 1. The number of aliphatic hydroxyl groups excluding tert-OH is 1. The molecule has 42 heavy (non-hydrogen) atoms. The standard InChI is InChI=1S/C30H25N3O7S2/c1-16-3-5-17(6-4-16)15-41-30-32-31-29(42-30)33-25(18-7-9-20(34)22(13-18)38-2)24(27(36)28(33)37)26(35)19-8-10-21-23(14-19)40-12-11-39-21/h3-10,13-14,25,34-35H,11-12,15H2,1-2H3/b26-24+. The number of hydrogen-bond acceptors (Lipinski definition) is 11. The number of carbonyl (C=O) groups is 2. The number of aromatic hydroxyl groups is 1. The Morgan fingerprint density at radius 2 is 1.81 bits per heavy atom. The lowest BCUT2D eigenvalue weighted by atomic mass is 9.95. The molecule has 1 atom stereocenters. The van der Waals surface area contributed by atoms with Crippen molar-refractivity contribution in [1.29, 1.82) is 0 Å². The van der Waals surface area contributed by atoms with Gasteiger partial charge in [0.1, 0.15) is 19.0 Å². The van der Waals surface area contributed by atoms with Crippen molar-refractivity contribution in [2.75, 3.05) is 25.2 Å². The average Bonchev–Trinajstić information content (AvgIpc) is 3.58. The third kappa shape index (κ3) is 5.14. The number of nitrogens with zero attached hydrogens (tertiary/aromatic N) is 3. The van der Waals surface area contributed by atoms with Crippen molar-refractivity contribution < 1.29 is 34.0 Å². The number of hydrogen-bond donors (Lipinski definition) is 2. The number of aryl methyl sites for hydroxylation is 1. The molecule has 12 heteroatoms. The highest BCUT2D eigenvalue weighted by molar-refractivity contribution is 8.00.